The lowest BCUT2D eigenvalue weighted by atomic mass is 10.1. The fourth-order valence-corrected chi connectivity index (χ4v) is 10.9. The van der Waals surface area contributed by atoms with E-state index < -0.39 is 53.7 Å². The number of rotatable bonds is 72. The summed E-state index contributed by atoms with van der Waals surface area (Å²) in [5.74, 6) is 17.3. The van der Waals surface area contributed by atoms with Gasteiger partial charge in [-0.05, 0) is 116 Å². The van der Waals surface area contributed by atoms with E-state index >= 15 is 0 Å². The molecule has 666 valence electrons. The van der Waals surface area contributed by atoms with Crippen LogP contribution in [0.15, 0.2) is 0 Å². The molecule has 0 spiro atoms. The lowest BCUT2D eigenvalue weighted by Crippen LogP contribution is -1.93. The Morgan fingerprint density at radius 3 is 0.239 bits per heavy atom. The van der Waals surface area contributed by atoms with E-state index in [9.17, 15) is 43.2 Å². The Morgan fingerprint density at radius 1 is 0.120 bits per heavy atom. The Bertz CT molecular complexity index is 2080. The second kappa shape index (κ2) is 123. The van der Waals surface area contributed by atoms with Gasteiger partial charge in [-0.2, -0.15) is 0 Å². The second-order valence-corrected chi connectivity index (χ2v) is 29.0. The van der Waals surface area contributed by atoms with Crippen molar-refractivity contribution < 1.29 is 89.1 Å². The molecule has 0 radical (unpaired) electrons. The molecule has 0 rings (SSSR count). The third-order valence-corrected chi connectivity index (χ3v) is 17.7. The SMILES string of the molecule is C#CCCCCCCCCC(=O)O.C#CCCCCCCCCC(=O)O.C#CCCCCCCCCC(=O)O.C#CCCCCCCCCC(=O)O.C#CCCCCCCCCC(=O)O.C#CCCCCCCCCC(=O)O.C#CCCCCCCCCC(=O)O.C#CCCCCCCCCC(=O)O.C#CCCCCCCCCC(=O)O. The van der Waals surface area contributed by atoms with Gasteiger partial charge < -0.3 is 46.0 Å². The first-order valence-electron chi connectivity index (χ1n) is 44.3. The van der Waals surface area contributed by atoms with Crippen LogP contribution in [0.25, 0.3) is 0 Å². The largest absolute Gasteiger partial charge is 0.481 e. The monoisotopic (exact) mass is 1640 g/mol. The summed E-state index contributed by atoms with van der Waals surface area (Å²) < 4.78 is 0. The zero-order chi connectivity index (χ0) is 89.5. The molecule has 18 heteroatoms. The van der Waals surface area contributed by atoms with Crippen LogP contribution in [-0.4, -0.2) is 99.7 Å². The minimum atomic E-state index is -0.688. The molecule has 0 fully saturated rings. The average Bonchev–Trinajstić information content (AvgIpc) is 1.46. The molecule has 0 aromatic rings. The first kappa shape index (κ1) is 126. The molecule has 0 aliphatic heterocycles. The number of aliphatic carboxylic acids is 9. The summed E-state index contributed by atoms with van der Waals surface area (Å²) in [5, 5.41) is 75.3. The van der Waals surface area contributed by atoms with Gasteiger partial charge in [-0.25, -0.2) is 0 Å². The zero-order valence-electron chi connectivity index (χ0n) is 72.8. The summed E-state index contributed by atoms with van der Waals surface area (Å²) in [6.45, 7) is 0. The third kappa shape index (κ3) is 180. The smallest absolute Gasteiger partial charge is 0.303 e. The van der Waals surface area contributed by atoms with E-state index in [1.807, 2.05) is 0 Å². The topological polar surface area (TPSA) is 336 Å². The molecule has 9 N–H and O–H groups in total. The van der Waals surface area contributed by atoms with Crippen LogP contribution in [0.1, 0.15) is 462 Å². The highest BCUT2D eigenvalue weighted by Crippen LogP contribution is 2.15. The molecule has 0 aliphatic rings. The first-order chi connectivity index (χ1) is 56.4. The van der Waals surface area contributed by atoms with Gasteiger partial charge in [0, 0.05) is 116 Å². The van der Waals surface area contributed by atoms with Crippen LogP contribution in [0.2, 0.25) is 0 Å². The number of terminal acetylenes is 9. The molecule has 0 aliphatic carbocycles. The van der Waals surface area contributed by atoms with E-state index in [0.717, 1.165) is 289 Å². The van der Waals surface area contributed by atoms with Gasteiger partial charge in [0.05, 0.1) is 0 Å². The molecule has 0 aromatic heterocycles. The van der Waals surface area contributed by atoms with Crippen LogP contribution >= 0.6 is 0 Å². The second-order valence-electron chi connectivity index (χ2n) is 29.0. The van der Waals surface area contributed by atoms with Gasteiger partial charge in [0.25, 0.3) is 0 Å². The van der Waals surface area contributed by atoms with Gasteiger partial charge in [0.1, 0.15) is 0 Å². The number of unbranched alkanes of at least 4 members (excludes halogenated alkanes) is 54. The van der Waals surface area contributed by atoms with E-state index in [-0.39, 0.29) is 0 Å². The average molecular weight is 1640 g/mol. The van der Waals surface area contributed by atoms with Crippen molar-refractivity contribution in [2.24, 2.45) is 0 Å². The van der Waals surface area contributed by atoms with Crippen LogP contribution in [0, 0.1) is 111 Å². The molecule has 0 amide bonds. The quantitative estimate of drug-likeness (QED) is 0.0202. The van der Waals surface area contributed by atoms with Crippen molar-refractivity contribution in [1.29, 1.82) is 0 Å². The number of hydrogen-bond acceptors (Lipinski definition) is 9. The van der Waals surface area contributed by atoms with E-state index in [4.69, 9.17) is 104 Å². The van der Waals surface area contributed by atoms with Crippen LogP contribution < -0.4 is 0 Å². The maximum Gasteiger partial charge on any atom is 0.303 e. The van der Waals surface area contributed by atoms with Crippen LogP contribution in [0.3, 0.4) is 0 Å². The predicted molar refractivity (Wildman–Crippen MR) is 481 cm³/mol. The molecular weight excluding hydrogens is 1480 g/mol. The summed E-state index contributed by atoms with van der Waals surface area (Å²) >= 11 is 0. The minimum absolute atomic E-state index is 0.310. The number of hydrogen-bond donors (Lipinski definition) is 9. The van der Waals surface area contributed by atoms with Gasteiger partial charge in [-0.15, -0.1) is 111 Å². The lowest BCUT2D eigenvalue weighted by molar-refractivity contribution is -0.138. The summed E-state index contributed by atoms with van der Waals surface area (Å²) in [7, 11) is 0. The summed E-state index contributed by atoms with van der Waals surface area (Å²) in [6.07, 6.45) is 115. The number of carboxylic acid groups (broad SMARTS) is 9. The van der Waals surface area contributed by atoms with Gasteiger partial charge in [0.2, 0.25) is 0 Å². The van der Waals surface area contributed by atoms with Crippen molar-refractivity contribution in [3.63, 3.8) is 0 Å². The summed E-state index contributed by atoms with van der Waals surface area (Å²) in [4.78, 5) is 91.4. The maximum atomic E-state index is 10.2. The van der Waals surface area contributed by atoms with Gasteiger partial charge in [0.15, 0.2) is 0 Å². The van der Waals surface area contributed by atoms with E-state index in [1.54, 1.807) is 0 Å². The highest BCUT2D eigenvalue weighted by atomic mass is 16.4. The predicted octanol–water partition coefficient (Wildman–Crippen LogP) is 25.4. The van der Waals surface area contributed by atoms with E-state index in [0.29, 0.717) is 57.8 Å². The number of carbonyl (C=O) groups is 9. The highest BCUT2D eigenvalue weighted by molar-refractivity contribution is 5.69. The molecule has 0 saturated carbocycles. The molecule has 0 heterocycles. The van der Waals surface area contributed by atoms with Crippen molar-refractivity contribution in [1.82, 2.24) is 0 Å². The molecule has 117 heavy (non-hydrogen) atoms. The molecule has 0 aromatic carbocycles. The van der Waals surface area contributed by atoms with Crippen molar-refractivity contribution >= 4 is 53.7 Å². The van der Waals surface area contributed by atoms with E-state index in [1.165, 1.54) is 116 Å². The van der Waals surface area contributed by atoms with Crippen LogP contribution in [0.4, 0.5) is 0 Å². The van der Waals surface area contributed by atoms with Crippen molar-refractivity contribution in [2.75, 3.05) is 0 Å². The van der Waals surface area contributed by atoms with Gasteiger partial charge >= 0.3 is 53.7 Å². The Labute approximate surface area is 712 Å². The fraction of sp³-hybridized carbons (Fsp3) is 0.727. The molecule has 18 nitrogen and oxygen atoms in total. The van der Waals surface area contributed by atoms with Crippen molar-refractivity contribution in [3.05, 3.63) is 0 Å². The molecule has 0 bridgehead atoms. The Kier molecular flexibility index (Phi) is 133. The fourth-order valence-electron chi connectivity index (χ4n) is 10.9. The molecular formula is C99H162O18. The van der Waals surface area contributed by atoms with Gasteiger partial charge in [-0.3, -0.25) is 43.2 Å². The lowest BCUT2D eigenvalue weighted by Gasteiger charge is -1.98. The molecule has 0 saturated heterocycles. The van der Waals surface area contributed by atoms with Gasteiger partial charge in [-0.1, -0.05) is 231 Å². The van der Waals surface area contributed by atoms with Crippen LogP contribution in [-0.2, 0) is 43.2 Å². The summed E-state index contributed by atoms with van der Waals surface area (Å²) in [6, 6.07) is 0. The number of carboxylic acids is 9. The first-order valence-corrected chi connectivity index (χ1v) is 44.3. The molecule has 0 unspecified atom stereocenters. The van der Waals surface area contributed by atoms with Crippen molar-refractivity contribution in [2.45, 2.75) is 462 Å². The Hall–Kier alpha value is -8.73. The molecule has 0 atom stereocenters. The summed E-state index contributed by atoms with van der Waals surface area (Å²) in [5.41, 5.74) is 0. The highest BCUT2D eigenvalue weighted by Gasteiger charge is 2.04. The Morgan fingerprint density at radius 2 is 0.179 bits per heavy atom. The van der Waals surface area contributed by atoms with Crippen LogP contribution in [0.5, 0.6) is 0 Å². The zero-order valence-corrected chi connectivity index (χ0v) is 72.8. The maximum absolute atomic E-state index is 10.2. The standard InChI is InChI=1S/9C11H18O2/c9*1-2-3-4-5-6-7-8-9-10-11(12)13/h9*1H,3-10H2,(H,12,13). The van der Waals surface area contributed by atoms with Crippen molar-refractivity contribution in [3.8, 4) is 111 Å². The minimum Gasteiger partial charge on any atom is -0.481 e. The normalized spacial score (nSPS) is 9.46. The van der Waals surface area contributed by atoms with E-state index in [2.05, 4.69) is 53.3 Å². The third-order valence-electron chi connectivity index (χ3n) is 17.7. The Balaban J connectivity index is -0.000000160.